The van der Waals surface area contributed by atoms with Gasteiger partial charge in [0.25, 0.3) is 0 Å². The smallest absolute Gasteiger partial charge is 0.185 e. The van der Waals surface area contributed by atoms with Crippen LogP contribution in [0, 0.1) is 0 Å². The van der Waals surface area contributed by atoms with Crippen molar-refractivity contribution < 1.29 is 0 Å². The third-order valence-corrected chi connectivity index (χ3v) is 3.45. The van der Waals surface area contributed by atoms with Crippen molar-refractivity contribution >= 4 is 16.5 Å². The average Bonchev–Trinajstić information content (AvgIpc) is 2.67. The average molecular weight is 197 g/mol. The fraction of sp³-hybridized carbons (Fsp3) is 0.667. The molecule has 0 aliphatic carbocycles. The van der Waals surface area contributed by atoms with Gasteiger partial charge in [0.15, 0.2) is 5.13 Å². The first-order valence-electron chi connectivity index (χ1n) is 4.80. The molecule has 0 saturated carbocycles. The summed E-state index contributed by atoms with van der Waals surface area (Å²) in [6.45, 7) is 2.94. The number of rotatable bonds is 2. The van der Waals surface area contributed by atoms with Crippen LogP contribution < -0.4 is 10.6 Å². The Morgan fingerprint density at radius 1 is 1.38 bits per heavy atom. The van der Waals surface area contributed by atoms with Gasteiger partial charge in [0, 0.05) is 30.7 Å². The van der Waals surface area contributed by atoms with Crippen LogP contribution in [0.1, 0.15) is 24.1 Å². The van der Waals surface area contributed by atoms with Gasteiger partial charge >= 0.3 is 0 Å². The third-order valence-electron chi connectivity index (χ3n) is 2.37. The summed E-state index contributed by atoms with van der Waals surface area (Å²) in [5, 5.41) is 1.15. The van der Waals surface area contributed by atoms with Gasteiger partial charge in [-0.3, -0.25) is 0 Å². The molecule has 3 nitrogen and oxygen atoms in total. The maximum absolute atomic E-state index is 5.54. The fourth-order valence-corrected chi connectivity index (χ4v) is 2.46. The van der Waals surface area contributed by atoms with Crippen LogP contribution in [0.15, 0.2) is 6.20 Å². The van der Waals surface area contributed by atoms with Crippen molar-refractivity contribution in [1.82, 2.24) is 4.98 Å². The standard InChI is InChI=1S/C9H15N3S/c10-6-8-7-11-9(13-8)12-4-2-1-3-5-12/h7H,1-6,10H2. The van der Waals surface area contributed by atoms with E-state index in [0.717, 1.165) is 18.2 Å². The first-order valence-corrected chi connectivity index (χ1v) is 5.61. The topological polar surface area (TPSA) is 42.1 Å². The summed E-state index contributed by atoms with van der Waals surface area (Å²) in [7, 11) is 0. The molecule has 13 heavy (non-hydrogen) atoms. The summed E-state index contributed by atoms with van der Waals surface area (Å²) in [6, 6.07) is 0. The van der Waals surface area contributed by atoms with Crippen LogP contribution in [0.4, 0.5) is 5.13 Å². The Labute approximate surface area is 82.6 Å². The molecule has 0 unspecified atom stereocenters. The second-order valence-corrected chi connectivity index (χ2v) is 4.45. The molecule has 0 bridgehead atoms. The molecule has 0 spiro atoms. The highest BCUT2D eigenvalue weighted by atomic mass is 32.1. The summed E-state index contributed by atoms with van der Waals surface area (Å²) < 4.78 is 0. The summed E-state index contributed by atoms with van der Waals surface area (Å²) in [4.78, 5) is 7.92. The number of aromatic nitrogens is 1. The molecule has 0 aromatic carbocycles. The lowest BCUT2D eigenvalue weighted by atomic mass is 10.1. The SMILES string of the molecule is NCc1cnc(N2CCCCC2)s1. The lowest BCUT2D eigenvalue weighted by Crippen LogP contribution is -2.29. The number of hydrogen-bond donors (Lipinski definition) is 1. The van der Waals surface area contributed by atoms with Crippen LogP contribution >= 0.6 is 11.3 Å². The van der Waals surface area contributed by atoms with E-state index < -0.39 is 0 Å². The molecule has 2 N–H and O–H groups in total. The summed E-state index contributed by atoms with van der Waals surface area (Å²) in [6.07, 6.45) is 5.87. The molecule has 1 aliphatic heterocycles. The Balaban J connectivity index is 2.05. The number of anilines is 1. The first kappa shape index (κ1) is 8.97. The summed E-state index contributed by atoms with van der Waals surface area (Å²) in [5.41, 5.74) is 5.54. The molecule has 0 atom stereocenters. The number of piperidine rings is 1. The number of thiazole rings is 1. The zero-order chi connectivity index (χ0) is 9.10. The van der Waals surface area contributed by atoms with Crippen molar-refractivity contribution in [3.05, 3.63) is 11.1 Å². The van der Waals surface area contributed by atoms with E-state index in [0.29, 0.717) is 6.54 Å². The second-order valence-electron chi connectivity index (χ2n) is 3.36. The van der Waals surface area contributed by atoms with E-state index in [1.54, 1.807) is 11.3 Å². The highest BCUT2D eigenvalue weighted by molar-refractivity contribution is 7.15. The lowest BCUT2D eigenvalue weighted by molar-refractivity contribution is 0.577. The van der Waals surface area contributed by atoms with E-state index in [4.69, 9.17) is 5.73 Å². The van der Waals surface area contributed by atoms with E-state index >= 15 is 0 Å². The molecular formula is C9H15N3S. The highest BCUT2D eigenvalue weighted by Gasteiger charge is 2.13. The minimum atomic E-state index is 0.617. The maximum atomic E-state index is 5.54. The van der Waals surface area contributed by atoms with E-state index in [9.17, 15) is 0 Å². The molecule has 1 aromatic heterocycles. The van der Waals surface area contributed by atoms with Crippen LogP contribution in [0.2, 0.25) is 0 Å². The van der Waals surface area contributed by atoms with Crippen molar-refractivity contribution in [3.8, 4) is 0 Å². The Morgan fingerprint density at radius 2 is 2.15 bits per heavy atom. The van der Waals surface area contributed by atoms with Crippen LogP contribution in [-0.4, -0.2) is 18.1 Å². The van der Waals surface area contributed by atoms with Gasteiger partial charge in [0.05, 0.1) is 0 Å². The van der Waals surface area contributed by atoms with Gasteiger partial charge in [-0.15, -0.1) is 11.3 Å². The van der Waals surface area contributed by atoms with Crippen LogP contribution in [-0.2, 0) is 6.54 Å². The molecule has 2 rings (SSSR count). The lowest BCUT2D eigenvalue weighted by Gasteiger charge is -2.25. The summed E-state index contributed by atoms with van der Waals surface area (Å²) >= 11 is 1.73. The third kappa shape index (κ3) is 2.00. The van der Waals surface area contributed by atoms with Gasteiger partial charge < -0.3 is 10.6 Å². The minimum Gasteiger partial charge on any atom is -0.348 e. The number of nitrogens with two attached hydrogens (primary N) is 1. The summed E-state index contributed by atoms with van der Waals surface area (Å²) in [5.74, 6) is 0. The van der Waals surface area contributed by atoms with Gasteiger partial charge in [-0.05, 0) is 19.3 Å². The molecule has 72 valence electrons. The van der Waals surface area contributed by atoms with Crippen LogP contribution in [0.25, 0.3) is 0 Å². The Morgan fingerprint density at radius 3 is 2.77 bits per heavy atom. The first-order chi connectivity index (χ1) is 6.40. The van der Waals surface area contributed by atoms with Crippen molar-refractivity contribution in [1.29, 1.82) is 0 Å². The van der Waals surface area contributed by atoms with Crippen LogP contribution in [0.3, 0.4) is 0 Å². The monoisotopic (exact) mass is 197 g/mol. The van der Waals surface area contributed by atoms with Crippen molar-refractivity contribution in [2.75, 3.05) is 18.0 Å². The second kappa shape index (κ2) is 4.07. The minimum absolute atomic E-state index is 0.617. The molecule has 1 fully saturated rings. The Bertz CT molecular complexity index is 266. The molecular weight excluding hydrogens is 182 g/mol. The Kier molecular flexibility index (Phi) is 2.80. The maximum Gasteiger partial charge on any atom is 0.185 e. The molecule has 0 amide bonds. The quantitative estimate of drug-likeness (QED) is 0.783. The number of hydrogen-bond acceptors (Lipinski definition) is 4. The normalized spacial score (nSPS) is 17.8. The van der Waals surface area contributed by atoms with Crippen molar-refractivity contribution in [3.63, 3.8) is 0 Å². The van der Waals surface area contributed by atoms with Gasteiger partial charge in [-0.25, -0.2) is 4.98 Å². The molecule has 1 saturated heterocycles. The molecule has 1 aromatic rings. The van der Waals surface area contributed by atoms with Crippen LogP contribution in [0.5, 0.6) is 0 Å². The van der Waals surface area contributed by atoms with Gasteiger partial charge in [0.2, 0.25) is 0 Å². The molecule has 2 heterocycles. The van der Waals surface area contributed by atoms with Gasteiger partial charge in [0.1, 0.15) is 0 Å². The van der Waals surface area contributed by atoms with E-state index in [2.05, 4.69) is 9.88 Å². The van der Waals surface area contributed by atoms with E-state index in [-0.39, 0.29) is 0 Å². The largest absolute Gasteiger partial charge is 0.348 e. The zero-order valence-corrected chi connectivity index (χ0v) is 8.52. The van der Waals surface area contributed by atoms with Gasteiger partial charge in [-0.2, -0.15) is 0 Å². The predicted molar refractivity (Wildman–Crippen MR) is 56.1 cm³/mol. The molecule has 0 radical (unpaired) electrons. The molecule has 4 heteroatoms. The molecule has 1 aliphatic rings. The van der Waals surface area contributed by atoms with Gasteiger partial charge in [-0.1, -0.05) is 0 Å². The Hall–Kier alpha value is -0.610. The van der Waals surface area contributed by atoms with E-state index in [1.807, 2.05) is 6.20 Å². The predicted octanol–water partition coefficient (Wildman–Crippen LogP) is 1.59. The zero-order valence-electron chi connectivity index (χ0n) is 7.70. The van der Waals surface area contributed by atoms with Crippen molar-refractivity contribution in [2.45, 2.75) is 25.8 Å². The van der Waals surface area contributed by atoms with Crippen molar-refractivity contribution in [2.24, 2.45) is 5.73 Å². The fourth-order valence-electron chi connectivity index (χ4n) is 1.62. The van der Waals surface area contributed by atoms with E-state index in [1.165, 1.54) is 24.1 Å². The number of nitrogens with zero attached hydrogens (tertiary/aromatic N) is 2. The highest BCUT2D eigenvalue weighted by Crippen LogP contribution is 2.24.